The molecule has 0 spiro atoms. The Morgan fingerprint density at radius 2 is 1.26 bits per heavy atom. The average molecular weight is 469 g/mol. The summed E-state index contributed by atoms with van der Waals surface area (Å²) in [6.45, 7) is 0. The molecule has 143 valence electrons. The molecular weight excluding hydrogens is 445 g/mol. The van der Waals surface area contributed by atoms with E-state index < -0.39 is 22.1 Å². The molecule has 3 aromatic carbocycles. The summed E-state index contributed by atoms with van der Waals surface area (Å²) in [4.78, 5) is 0. The van der Waals surface area contributed by atoms with Crippen molar-refractivity contribution in [3.05, 3.63) is 113 Å². The molecule has 0 aliphatic rings. The number of nitrogens with zero attached hydrogens (tertiary/aromatic N) is 1. The van der Waals surface area contributed by atoms with Gasteiger partial charge in [-0.2, -0.15) is 36.4 Å². The van der Waals surface area contributed by atoms with Crippen LogP contribution in [0.2, 0.25) is 0 Å². The fraction of sp³-hybridized carbons (Fsp3) is 0.143. The van der Waals surface area contributed by atoms with Crippen molar-refractivity contribution in [2.75, 3.05) is 6.26 Å². The number of sulfonamides is 1. The second-order valence-electron chi connectivity index (χ2n) is 5.71. The zero-order valence-corrected chi connectivity index (χ0v) is 17.6. The van der Waals surface area contributed by atoms with Gasteiger partial charge in [-0.25, -0.2) is 8.42 Å². The molecule has 0 aromatic heterocycles. The first-order valence-corrected chi connectivity index (χ1v) is 10.0. The normalized spacial score (nSPS) is 12.7. The molecule has 27 heavy (non-hydrogen) atoms. The Hall–Kier alpha value is -1.85. The molecule has 0 amide bonds. The van der Waals surface area contributed by atoms with E-state index in [4.69, 9.17) is 5.73 Å². The van der Waals surface area contributed by atoms with Gasteiger partial charge in [0.15, 0.2) is 0 Å². The van der Waals surface area contributed by atoms with Crippen LogP contribution < -0.4 is 5.73 Å². The molecule has 4 nitrogen and oxygen atoms in total. The van der Waals surface area contributed by atoms with E-state index in [2.05, 4.69) is 10.8 Å². The zero-order valence-electron chi connectivity index (χ0n) is 14.9. The number of benzene rings is 3. The first-order chi connectivity index (χ1) is 12.5. The Labute approximate surface area is 174 Å². The molecule has 2 atom stereocenters. The van der Waals surface area contributed by atoms with Gasteiger partial charge in [-0.05, 0) is 5.56 Å². The van der Waals surface area contributed by atoms with Crippen molar-refractivity contribution in [3.8, 4) is 0 Å². The predicted molar refractivity (Wildman–Crippen MR) is 107 cm³/mol. The van der Waals surface area contributed by atoms with Crippen molar-refractivity contribution in [3.63, 3.8) is 0 Å². The predicted octanol–water partition coefficient (Wildman–Crippen LogP) is 3.98. The molecule has 0 fully saturated rings. The van der Waals surface area contributed by atoms with Crippen molar-refractivity contribution in [2.24, 2.45) is 5.73 Å². The molecule has 6 heteroatoms. The molecule has 2 N–H and O–H groups in total. The van der Waals surface area contributed by atoms with Crippen LogP contribution in [-0.4, -0.2) is 14.7 Å². The zero-order chi connectivity index (χ0) is 18.8. The second-order valence-corrected chi connectivity index (χ2v) is 7.38. The molecule has 3 aromatic rings. The minimum Gasteiger partial charge on any atom is -0.184 e. The third kappa shape index (κ3) is 8.59. The van der Waals surface area contributed by atoms with Crippen LogP contribution in [0.1, 0.15) is 23.2 Å². The van der Waals surface area contributed by atoms with Crippen molar-refractivity contribution in [1.82, 2.24) is 0 Å². The smallest absolute Gasteiger partial charge is 0.171 e. The van der Waals surface area contributed by atoms with Gasteiger partial charge in [-0.3, -0.25) is 0 Å². The Morgan fingerprint density at radius 1 is 0.815 bits per heavy atom. The third-order valence-corrected chi connectivity index (χ3v) is 4.19. The standard InChI is InChI=1S/C15H17N2O2S.C6H5.Ru.H/c1-20(18,19)17-15(13-10-6-3-7-11-13)14(16)12-8-4-2-5-9-12;1-2-4-6-5-3-1;;/h2-11,14-15H,16H2,1H3;1-5H;;/q2*-1;+2;. The Bertz CT molecular complexity index is 834. The van der Waals surface area contributed by atoms with Crippen LogP contribution in [0.4, 0.5) is 0 Å². The van der Waals surface area contributed by atoms with Gasteiger partial charge < -0.3 is 10.5 Å². The number of hydrogen-bond donors (Lipinski definition) is 1. The molecule has 0 aliphatic heterocycles. The van der Waals surface area contributed by atoms with Crippen molar-refractivity contribution < 1.29 is 27.9 Å². The van der Waals surface area contributed by atoms with Gasteiger partial charge in [0.2, 0.25) is 0 Å². The number of rotatable bonds is 5. The molecule has 0 heterocycles. The van der Waals surface area contributed by atoms with E-state index in [1.54, 1.807) is 0 Å². The van der Waals surface area contributed by atoms with E-state index in [0.717, 1.165) is 17.4 Å². The molecule has 0 saturated carbocycles. The Kier molecular flexibility index (Phi) is 10.1. The molecule has 0 aliphatic carbocycles. The van der Waals surface area contributed by atoms with Gasteiger partial charge in [0.05, 0.1) is 10.0 Å². The Balaban J connectivity index is 0.000000444. The fourth-order valence-corrected chi connectivity index (χ4v) is 3.06. The maximum Gasteiger partial charge on any atom is -0.171 e. The summed E-state index contributed by atoms with van der Waals surface area (Å²) in [5.41, 5.74) is 7.86. The molecule has 2 unspecified atom stereocenters. The SMILES string of the molecule is CS(=O)(=O)[N-]C(c1ccccc1)C(N)c1ccccc1.[RuH+2].[c-]1ccccc1. The monoisotopic (exact) mass is 469 g/mol. The topological polar surface area (TPSA) is 74.3 Å². The van der Waals surface area contributed by atoms with Gasteiger partial charge in [-0.15, -0.1) is 0 Å². The van der Waals surface area contributed by atoms with Gasteiger partial charge in [0.25, 0.3) is 0 Å². The quantitative estimate of drug-likeness (QED) is 0.455. The average Bonchev–Trinajstić information content (AvgIpc) is 2.68. The first-order valence-electron chi connectivity index (χ1n) is 8.16. The second kappa shape index (κ2) is 11.8. The van der Waals surface area contributed by atoms with E-state index in [1.165, 1.54) is 0 Å². The summed E-state index contributed by atoms with van der Waals surface area (Å²) in [5, 5.41) is 0. The largest absolute Gasteiger partial charge is 0.184 e. The summed E-state index contributed by atoms with van der Waals surface area (Å²) in [5.74, 6) is 0. The molecule has 0 bridgehead atoms. The van der Waals surface area contributed by atoms with E-state index in [9.17, 15) is 8.42 Å². The summed E-state index contributed by atoms with van der Waals surface area (Å²) in [7, 11) is -3.48. The summed E-state index contributed by atoms with van der Waals surface area (Å²) < 4.78 is 27.0. The maximum atomic E-state index is 11.5. The number of hydrogen-bond acceptors (Lipinski definition) is 3. The van der Waals surface area contributed by atoms with E-state index in [0.29, 0.717) is 0 Å². The van der Waals surface area contributed by atoms with Crippen molar-refractivity contribution in [1.29, 1.82) is 0 Å². The van der Waals surface area contributed by atoms with Gasteiger partial charge in [-0.1, -0.05) is 72.3 Å². The van der Waals surface area contributed by atoms with Crippen LogP contribution >= 0.6 is 0 Å². The van der Waals surface area contributed by atoms with Crippen LogP contribution in [0.25, 0.3) is 4.72 Å². The molecule has 3 rings (SSSR count). The summed E-state index contributed by atoms with van der Waals surface area (Å²) in [6, 6.07) is 30.0. The van der Waals surface area contributed by atoms with Crippen LogP contribution in [0.5, 0.6) is 0 Å². The molecule has 0 saturated heterocycles. The first kappa shape index (κ1) is 23.2. The summed E-state index contributed by atoms with van der Waals surface area (Å²) >= 11 is 0. The van der Waals surface area contributed by atoms with Crippen molar-refractivity contribution in [2.45, 2.75) is 12.1 Å². The summed E-state index contributed by atoms with van der Waals surface area (Å²) in [6.07, 6.45) is 1.08. The minimum absolute atomic E-state index is 0. The molecule has 0 radical (unpaired) electrons. The van der Waals surface area contributed by atoms with E-state index in [-0.39, 0.29) is 19.5 Å². The third-order valence-electron chi connectivity index (χ3n) is 3.58. The van der Waals surface area contributed by atoms with Crippen LogP contribution in [0.3, 0.4) is 0 Å². The van der Waals surface area contributed by atoms with Gasteiger partial charge in [0.1, 0.15) is 0 Å². The molecular formula is C21H23N2O2RuS. The van der Waals surface area contributed by atoms with Crippen LogP contribution in [0.15, 0.2) is 91.0 Å². The van der Waals surface area contributed by atoms with E-state index in [1.807, 2.05) is 91.0 Å². The van der Waals surface area contributed by atoms with Gasteiger partial charge in [0, 0.05) is 12.3 Å². The van der Waals surface area contributed by atoms with Crippen LogP contribution in [0, 0.1) is 6.07 Å². The fourth-order valence-electron chi connectivity index (χ4n) is 2.39. The van der Waals surface area contributed by atoms with Crippen molar-refractivity contribution >= 4 is 10.0 Å². The minimum atomic E-state index is -3.48. The van der Waals surface area contributed by atoms with Crippen LogP contribution in [-0.2, 0) is 29.5 Å². The van der Waals surface area contributed by atoms with E-state index >= 15 is 0 Å². The maximum absolute atomic E-state index is 11.5. The van der Waals surface area contributed by atoms with Gasteiger partial charge >= 0.3 is 19.5 Å². The number of nitrogens with two attached hydrogens (primary N) is 1. The Morgan fingerprint density at radius 3 is 1.63 bits per heavy atom.